The van der Waals surface area contributed by atoms with Gasteiger partial charge in [0.25, 0.3) is 5.91 Å². The van der Waals surface area contributed by atoms with E-state index in [1.165, 1.54) is 6.07 Å². The molecule has 0 aliphatic carbocycles. The maximum absolute atomic E-state index is 11.8. The highest BCUT2D eigenvalue weighted by molar-refractivity contribution is 6.01. The van der Waals surface area contributed by atoms with Crippen LogP contribution in [0.5, 0.6) is 0 Å². The molecule has 1 fully saturated rings. The zero-order chi connectivity index (χ0) is 12.3. The molecule has 90 valence electrons. The number of carbonyl (C=O) groups excluding carboxylic acids is 1. The van der Waals surface area contributed by atoms with E-state index in [1.807, 2.05) is 0 Å². The van der Waals surface area contributed by atoms with E-state index in [-0.39, 0.29) is 11.5 Å². The molecule has 0 unspecified atom stereocenters. The molecule has 0 spiro atoms. The minimum absolute atomic E-state index is 0.0823. The zero-order valence-electron chi connectivity index (χ0n) is 9.18. The van der Waals surface area contributed by atoms with Crippen LogP contribution < -0.4 is 5.32 Å². The SMILES string of the molecule is O=C(O)c1ccccc1NC(=O)[C@@H]1CCCO1. The van der Waals surface area contributed by atoms with Crippen LogP contribution >= 0.6 is 0 Å². The van der Waals surface area contributed by atoms with Gasteiger partial charge in [0.1, 0.15) is 6.10 Å². The fourth-order valence-electron chi connectivity index (χ4n) is 1.78. The highest BCUT2D eigenvalue weighted by Gasteiger charge is 2.24. The van der Waals surface area contributed by atoms with Crippen molar-refractivity contribution in [1.29, 1.82) is 0 Å². The van der Waals surface area contributed by atoms with Gasteiger partial charge in [-0.15, -0.1) is 0 Å². The van der Waals surface area contributed by atoms with Crippen LogP contribution in [0.15, 0.2) is 24.3 Å². The predicted octanol–water partition coefficient (Wildman–Crippen LogP) is 1.50. The molecule has 1 aromatic carbocycles. The second-order valence-corrected chi connectivity index (χ2v) is 3.84. The number of hydrogen-bond acceptors (Lipinski definition) is 3. The summed E-state index contributed by atoms with van der Waals surface area (Å²) in [5.74, 6) is -1.34. The molecule has 1 heterocycles. The number of rotatable bonds is 3. The summed E-state index contributed by atoms with van der Waals surface area (Å²) in [6.45, 7) is 0.582. The first-order valence-corrected chi connectivity index (χ1v) is 5.43. The van der Waals surface area contributed by atoms with E-state index in [2.05, 4.69) is 5.32 Å². The standard InChI is InChI=1S/C12H13NO4/c14-11(10-6-3-7-17-10)13-9-5-2-1-4-8(9)12(15)16/h1-2,4-5,10H,3,6-7H2,(H,13,14)(H,15,16)/t10-/m0/s1. The Morgan fingerprint density at radius 1 is 1.35 bits per heavy atom. The van der Waals surface area contributed by atoms with E-state index >= 15 is 0 Å². The number of carboxylic acids is 1. The second kappa shape index (κ2) is 4.97. The van der Waals surface area contributed by atoms with Gasteiger partial charge >= 0.3 is 5.97 Å². The van der Waals surface area contributed by atoms with E-state index in [4.69, 9.17) is 9.84 Å². The molecule has 1 aliphatic rings. The Kier molecular flexibility index (Phi) is 3.39. The number of carbonyl (C=O) groups is 2. The Morgan fingerprint density at radius 3 is 2.76 bits per heavy atom. The molecule has 0 saturated carbocycles. The largest absolute Gasteiger partial charge is 0.478 e. The fraction of sp³-hybridized carbons (Fsp3) is 0.333. The molecule has 0 aromatic heterocycles. The number of ether oxygens (including phenoxy) is 1. The van der Waals surface area contributed by atoms with Crippen molar-refractivity contribution in [2.75, 3.05) is 11.9 Å². The second-order valence-electron chi connectivity index (χ2n) is 3.84. The van der Waals surface area contributed by atoms with Gasteiger partial charge in [0.15, 0.2) is 0 Å². The molecular formula is C12H13NO4. The topological polar surface area (TPSA) is 75.6 Å². The lowest BCUT2D eigenvalue weighted by atomic mass is 10.1. The molecule has 2 N–H and O–H groups in total. The summed E-state index contributed by atoms with van der Waals surface area (Å²) in [7, 11) is 0. The highest BCUT2D eigenvalue weighted by atomic mass is 16.5. The highest BCUT2D eigenvalue weighted by Crippen LogP contribution is 2.18. The van der Waals surface area contributed by atoms with Crippen molar-refractivity contribution in [2.45, 2.75) is 18.9 Å². The molecule has 17 heavy (non-hydrogen) atoms. The van der Waals surface area contributed by atoms with Gasteiger partial charge in [0.2, 0.25) is 0 Å². The van der Waals surface area contributed by atoms with E-state index in [0.29, 0.717) is 18.7 Å². The monoisotopic (exact) mass is 235 g/mol. The number of benzene rings is 1. The molecule has 1 saturated heterocycles. The number of hydrogen-bond donors (Lipinski definition) is 2. The number of aromatic carboxylic acids is 1. The Morgan fingerprint density at radius 2 is 2.12 bits per heavy atom. The van der Waals surface area contributed by atoms with Crippen LogP contribution in [0.4, 0.5) is 5.69 Å². The molecule has 1 aromatic rings. The Balaban J connectivity index is 2.12. The minimum atomic E-state index is -1.06. The zero-order valence-corrected chi connectivity index (χ0v) is 9.18. The van der Waals surface area contributed by atoms with Gasteiger partial charge in [-0.25, -0.2) is 4.79 Å². The Bertz CT molecular complexity index is 438. The number of amides is 1. The Hall–Kier alpha value is -1.88. The Labute approximate surface area is 98.4 Å². The smallest absolute Gasteiger partial charge is 0.337 e. The predicted molar refractivity (Wildman–Crippen MR) is 61.0 cm³/mol. The van der Waals surface area contributed by atoms with Crippen LogP contribution in [0.1, 0.15) is 23.2 Å². The van der Waals surface area contributed by atoms with Gasteiger partial charge in [-0.05, 0) is 25.0 Å². The molecule has 1 aliphatic heterocycles. The molecule has 5 nitrogen and oxygen atoms in total. The van der Waals surface area contributed by atoms with Crippen molar-refractivity contribution < 1.29 is 19.4 Å². The average Bonchev–Trinajstić information content (AvgIpc) is 2.83. The summed E-state index contributed by atoms with van der Waals surface area (Å²) in [4.78, 5) is 22.7. The van der Waals surface area contributed by atoms with E-state index in [1.54, 1.807) is 18.2 Å². The summed E-state index contributed by atoms with van der Waals surface area (Å²) in [5, 5.41) is 11.6. The van der Waals surface area contributed by atoms with Crippen LogP contribution in [0.25, 0.3) is 0 Å². The molecule has 1 atom stereocenters. The normalized spacial score (nSPS) is 18.9. The van der Waals surface area contributed by atoms with E-state index in [9.17, 15) is 9.59 Å². The van der Waals surface area contributed by atoms with Gasteiger partial charge in [0, 0.05) is 6.61 Å². The first-order chi connectivity index (χ1) is 8.18. The van der Waals surface area contributed by atoms with Crippen molar-refractivity contribution in [3.63, 3.8) is 0 Å². The molecule has 0 radical (unpaired) electrons. The van der Waals surface area contributed by atoms with E-state index in [0.717, 1.165) is 6.42 Å². The van der Waals surface area contributed by atoms with Crippen molar-refractivity contribution in [2.24, 2.45) is 0 Å². The third-order valence-electron chi connectivity index (χ3n) is 2.64. The van der Waals surface area contributed by atoms with Gasteiger partial charge in [-0.3, -0.25) is 4.79 Å². The lowest BCUT2D eigenvalue weighted by Gasteiger charge is -2.11. The summed E-state index contributed by atoms with van der Waals surface area (Å²) >= 11 is 0. The average molecular weight is 235 g/mol. The first-order valence-electron chi connectivity index (χ1n) is 5.43. The number of nitrogens with one attached hydrogen (secondary N) is 1. The maximum Gasteiger partial charge on any atom is 0.337 e. The van der Waals surface area contributed by atoms with Gasteiger partial charge in [0.05, 0.1) is 11.3 Å². The van der Waals surface area contributed by atoms with Crippen molar-refractivity contribution in [3.8, 4) is 0 Å². The van der Waals surface area contributed by atoms with Crippen LogP contribution in [0.2, 0.25) is 0 Å². The summed E-state index contributed by atoms with van der Waals surface area (Å²) in [6.07, 6.45) is 1.08. The molecule has 1 amide bonds. The first kappa shape index (κ1) is 11.6. The van der Waals surface area contributed by atoms with Crippen LogP contribution in [0, 0.1) is 0 Å². The van der Waals surface area contributed by atoms with Crippen LogP contribution in [-0.4, -0.2) is 29.7 Å². The third-order valence-corrected chi connectivity index (χ3v) is 2.64. The van der Waals surface area contributed by atoms with E-state index < -0.39 is 12.1 Å². The van der Waals surface area contributed by atoms with Crippen molar-refractivity contribution >= 4 is 17.6 Å². The van der Waals surface area contributed by atoms with Gasteiger partial charge in [-0.2, -0.15) is 0 Å². The van der Waals surface area contributed by atoms with Crippen molar-refractivity contribution in [1.82, 2.24) is 0 Å². The van der Waals surface area contributed by atoms with Gasteiger partial charge in [-0.1, -0.05) is 12.1 Å². The van der Waals surface area contributed by atoms with Crippen LogP contribution in [0.3, 0.4) is 0 Å². The fourth-order valence-corrected chi connectivity index (χ4v) is 1.78. The number of anilines is 1. The molecule has 5 heteroatoms. The molecular weight excluding hydrogens is 222 g/mol. The lowest BCUT2D eigenvalue weighted by molar-refractivity contribution is -0.124. The summed E-state index contributed by atoms with van der Waals surface area (Å²) in [5.41, 5.74) is 0.388. The molecule has 0 bridgehead atoms. The summed E-state index contributed by atoms with van der Waals surface area (Å²) < 4.78 is 5.23. The molecule has 2 rings (SSSR count). The van der Waals surface area contributed by atoms with Gasteiger partial charge < -0.3 is 15.2 Å². The maximum atomic E-state index is 11.8. The lowest BCUT2D eigenvalue weighted by Crippen LogP contribution is -2.27. The third kappa shape index (κ3) is 2.62. The minimum Gasteiger partial charge on any atom is -0.478 e. The van der Waals surface area contributed by atoms with Crippen molar-refractivity contribution in [3.05, 3.63) is 29.8 Å². The quantitative estimate of drug-likeness (QED) is 0.832. The number of carboxylic acid groups (broad SMARTS) is 1. The summed E-state index contributed by atoms with van der Waals surface area (Å²) in [6, 6.07) is 6.31. The number of para-hydroxylation sites is 1. The van der Waals surface area contributed by atoms with Crippen LogP contribution in [-0.2, 0) is 9.53 Å².